The number of benzene rings is 2. The molecule has 0 aliphatic heterocycles. The molecular weight excluding hydrogens is 308 g/mol. The number of carbonyl (C=O) groups is 1. The molecule has 2 aromatic carbocycles. The first kappa shape index (κ1) is 15.9. The van der Waals surface area contributed by atoms with Crippen LogP contribution < -0.4 is 5.32 Å². The molecule has 0 saturated carbocycles. The molecule has 3 nitrogen and oxygen atoms in total. The van der Waals surface area contributed by atoms with Gasteiger partial charge in [-0.3, -0.25) is 4.79 Å². The van der Waals surface area contributed by atoms with E-state index >= 15 is 0 Å². The largest absolute Gasteiger partial charge is 0.353 e. The number of rotatable bonds is 3. The highest BCUT2D eigenvalue weighted by molar-refractivity contribution is 5.86. The Balaban J connectivity index is 1.50. The van der Waals surface area contributed by atoms with Gasteiger partial charge in [-0.25, -0.2) is 0 Å². The average Bonchev–Trinajstić information content (AvgIpc) is 2.90. The molecule has 1 unspecified atom stereocenters. The lowest BCUT2D eigenvalue weighted by atomic mass is 9.91. The first-order valence-electron chi connectivity index (χ1n) is 9.02. The van der Waals surface area contributed by atoms with Crippen LogP contribution in [0, 0.1) is 6.92 Å². The summed E-state index contributed by atoms with van der Waals surface area (Å²) in [5, 5.41) is 4.59. The number of amides is 1. The van der Waals surface area contributed by atoms with E-state index in [2.05, 4.69) is 54.2 Å². The van der Waals surface area contributed by atoms with Crippen LogP contribution >= 0.6 is 0 Å². The van der Waals surface area contributed by atoms with Crippen molar-refractivity contribution in [2.75, 3.05) is 0 Å². The second kappa shape index (κ2) is 6.40. The number of nitrogens with one attached hydrogen (secondary N) is 1. The van der Waals surface area contributed by atoms with Gasteiger partial charge >= 0.3 is 0 Å². The highest BCUT2D eigenvalue weighted by atomic mass is 16.1. The number of para-hydroxylation sites is 1. The number of fused-ring (bicyclic) bond motifs is 3. The molecule has 4 rings (SSSR count). The Morgan fingerprint density at radius 1 is 1.16 bits per heavy atom. The summed E-state index contributed by atoms with van der Waals surface area (Å²) in [4.78, 5) is 12.5. The Labute approximate surface area is 148 Å². The summed E-state index contributed by atoms with van der Waals surface area (Å²) in [5.41, 5.74) is 6.41. The fourth-order valence-corrected chi connectivity index (χ4v) is 4.11. The molecule has 3 aromatic rings. The molecule has 1 aliphatic carbocycles. The summed E-state index contributed by atoms with van der Waals surface area (Å²) in [7, 11) is 2.15. The van der Waals surface area contributed by atoms with E-state index in [0.717, 1.165) is 24.8 Å². The Hall–Kier alpha value is -2.55. The van der Waals surface area contributed by atoms with Gasteiger partial charge in [0.1, 0.15) is 0 Å². The smallest absolute Gasteiger partial charge is 0.224 e. The van der Waals surface area contributed by atoms with Crippen molar-refractivity contribution in [1.29, 1.82) is 0 Å². The third-order valence-corrected chi connectivity index (χ3v) is 5.50. The lowest BCUT2D eigenvalue weighted by Gasteiger charge is -2.24. The van der Waals surface area contributed by atoms with Crippen LogP contribution in [0.1, 0.15) is 28.8 Å². The van der Waals surface area contributed by atoms with Crippen LogP contribution in [0.15, 0.2) is 48.5 Å². The van der Waals surface area contributed by atoms with Crippen molar-refractivity contribution < 1.29 is 4.79 Å². The molecule has 3 heteroatoms. The highest BCUT2D eigenvalue weighted by Gasteiger charge is 2.25. The summed E-state index contributed by atoms with van der Waals surface area (Å²) in [5.74, 6) is 0.128. The van der Waals surface area contributed by atoms with Gasteiger partial charge in [-0.15, -0.1) is 0 Å². The quantitative estimate of drug-likeness (QED) is 0.779. The Morgan fingerprint density at radius 2 is 1.92 bits per heavy atom. The van der Waals surface area contributed by atoms with Gasteiger partial charge in [0.15, 0.2) is 0 Å². The van der Waals surface area contributed by atoms with Gasteiger partial charge in [0.2, 0.25) is 5.91 Å². The van der Waals surface area contributed by atoms with Gasteiger partial charge in [0.25, 0.3) is 0 Å². The molecule has 0 spiro atoms. The maximum Gasteiger partial charge on any atom is 0.224 e. The lowest BCUT2D eigenvalue weighted by Crippen LogP contribution is -2.39. The number of nitrogens with zero attached hydrogens (tertiary/aromatic N) is 1. The van der Waals surface area contributed by atoms with Crippen LogP contribution in [-0.4, -0.2) is 16.5 Å². The summed E-state index contributed by atoms with van der Waals surface area (Å²) < 4.78 is 2.32. The standard InChI is InChI=1S/C22H24N2O/c1-15-7-3-4-8-16(15)13-22(25)23-17-11-12-21-19(14-17)18-9-5-6-10-20(18)24(21)2/h3-10,17H,11-14H2,1-2H3,(H,23,25). The van der Waals surface area contributed by atoms with Crippen LogP contribution in [0.25, 0.3) is 10.9 Å². The summed E-state index contributed by atoms with van der Waals surface area (Å²) in [6, 6.07) is 16.9. The van der Waals surface area contributed by atoms with Gasteiger partial charge in [0, 0.05) is 29.7 Å². The molecule has 0 bridgehead atoms. The van der Waals surface area contributed by atoms with E-state index in [4.69, 9.17) is 0 Å². The van der Waals surface area contributed by atoms with E-state index in [9.17, 15) is 4.79 Å². The molecule has 0 radical (unpaired) electrons. The fourth-order valence-electron chi connectivity index (χ4n) is 4.11. The summed E-state index contributed by atoms with van der Waals surface area (Å²) in [6.45, 7) is 2.06. The predicted octanol–water partition coefficient (Wildman–Crippen LogP) is 3.70. The first-order chi connectivity index (χ1) is 12.1. The third kappa shape index (κ3) is 2.95. The van der Waals surface area contributed by atoms with Crippen molar-refractivity contribution >= 4 is 16.8 Å². The average molecular weight is 332 g/mol. The van der Waals surface area contributed by atoms with Crippen molar-refractivity contribution in [3.05, 3.63) is 70.9 Å². The number of aryl methyl sites for hydroxylation is 2. The molecule has 1 aromatic heterocycles. The van der Waals surface area contributed by atoms with Gasteiger partial charge in [-0.2, -0.15) is 0 Å². The maximum atomic E-state index is 12.5. The Kier molecular flexibility index (Phi) is 4.08. The van der Waals surface area contributed by atoms with E-state index in [1.807, 2.05) is 18.2 Å². The lowest BCUT2D eigenvalue weighted by molar-refractivity contribution is -0.121. The molecule has 1 aliphatic rings. The van der Waals surface area contributed by atoms with Crippen molar-refractivity contribution in [2.24, 2.45) is 7.05 Å². The first-order valence-corrected chi connectivity index (χ1v) is 9.02. The molecule has 128 valence electrons. The second-order valence-corrected chi connectivity index (χ2v) is 7.11. The zero-order valence-corrected chi connectivity index (χ0v) is 14.9. The van der Waals surface area contributed by atoms with Gasteiger partial charge < -0.3 is 9.88 Å². The van der Waals surface area contributed by atoms with Crippen molar-refractivity contribution in [2.45, 2.75) is 38.6 Å². The summed E-state index contributed by atoms with van der Waals surface area (Å²) >= 11 is 0. The van der Waals surface area contributed by atoms with Crippen LogP contribution in [0.4, 0.5) is 0 Å². The number of hydrogen-bond acceptors (Lipinski definition) is 1. The van der Waals surface area contributed by atoms with Crippen LogP contribution in [0.3, 0.4) is 0 Å². The molecule has 0 saturated heterocycles. The zero-order chi connectivity index (χ0) is 17.4. The maximum absolute atomic E-state index is 12.5. The zero-order valence-electron chi connectivity index (χ0n) is 14.9. The van der Waals surface area contributed by atoms with E-state index < -0.39 is 0 Å². The second-order valence-electron chi connectivity index (χ2n) is 7.11. The molecule has 1 heterocycles. The monoisotopic (exact) mass is 332 g/mol. The number of carbonyl (C=O) groups excluding carboxylic acids is 1. The van der Waals surface area contributed by atoms with Crippen molar-refractivity contribution in [1.82, 2.24) is 9.88 Å². The predicted molar refractivity (Wildman–Crippen MR) is 102 cm³/mol. The Morgan fingerprint density at radius 3 is 2.76 bits per heavy atom. The highest BCUT2D eigenvalue weighted by Crippen LogP contribution is 2.31. The molecule has 1 N–H and O–H groups in total. The topological polar surface area (TPSA) is 34.0 Å². The normalized spacial score (nSPS) is 16.6. The van der Waals surface area contributed by atoms with Crippen LogP contribution in [-0.2, 0) is 31.1 Å². The Bertz CT molecular complexity index is 938. The van der Waals surface area contributed by atoms with E-state index in [-0.39, 0.29) is 11.9 Å². The molecule has 25 heavy (non-hydrogen) atoms. The van der Waals surface area contributed by atoms with Crippen molar-refractivity contribution in [3.63, 3.8) is 0 Å². The molecule has 1 atom stereocenters. The molecular formula is C22H24N2O. The minimum atomic E-state index is 0.128. The molecule has 1 amide bonds. The number of hydrogen-bond donors (Lipinski definition) is 1. The minimum absolute atomic E-state index is 0.128. The van der Waals surface area contributed by atoms with Crippen molar-refractivity contribution in [3.8, 4) is 0 Å². The van der Waals surface area contributed by atoms with E-state index in [1.165, 1.54) is 27.7 Å². The SMILES string of the molecule is Cc1ccccc1CC(=O)NC1CCc2c(c3ccccc3n2C)C1. The van der Waals surface area contributed by atoms with Crippen LogP contribution in [0.2, 0.25) is 0 Å². The van der Waals surface area contributed by atoms with E-state index in [1.54, 1.807) is 0 Å². The third-order valence-electron chi connectivity index (χ3n) is 5.50. The minimum Gasteiger partial charge on any atom is -0.353 e. The van der Waals surface area contributed by atoms with Gasteiger partial charge in [-0.1, -0.05) is 42.5 Å². The molecule has 0 fully saturated rings. The number of aromatic nitrogens is 1. The fraction of sp³-hybridized carbons (Fsp3) is 0.318. The van der Waals surface area contributed by atoms with Gasteiger partial charge in [-0.05, 0) is 48.9 Å². The summed E-state index contributed by atoms with van der Waals surface area (Å²) in [6.07, 6.45) is 3.42. The van der Waals surface area contributed by atoms with Crippen LogP contribution in [0.5, 0.6) is 0 Å². The van der Waals surface area contributed by atoms with E-state index in [0.29, 0.717) is 6.42 Å². The van der Waals surface area contributed by atoms with Gasteiger partial charge in [0.05, 0.1) is 6.42 Å².